The summed E-state index contributed by atoms with van der Waals surface area (Å²) in [5, 5.41) is 30.9. The summed E-state index contributed by atoms with van der Waals surface area (Å²) >= 11 is 0. The fourth-order valence-electron chi connectivity index (χ4n) is 6.40. The highest BCUT2D eigenvalue weighted by Gasteiger charge is 2.46. The van der Waals surface area contributed by atoms with Crippen molar-refractivity contribution >= 4 is 22.1 Å². The first-order valence-electron chi connectivity index (χ1n) is 22.2. The predicted octanol–water partition coefficient (Wildman–Crippen LogP) is 8.78. The quantitative estimate of drug-likeness (QED) is 0.0155. The van der Waals surface area contributed by atoms with E-state index in [1.807, 2.05) is 0 Å². The molecule has 0 saturated carbocycles. The number of aliphatic hydroxyl groups is 3. The molecule has 1 fully saturated rings. The van der Waals surface area contributed by atoms with Crippen molar-refractivity contribution in [3.8, 4) is 0 Å². The molecule has 0 bridgehead atoms. The standard InChI is InChI=1S/C45H78O12S/c1-3-5-7-9-11-13-15-17-19-21-23-25-27-29-31-33-40(46)54-35-38(36-55-45-44(50)43(49)42(48)39(57-45)37-58(51,52)53)56-41(47)34-32-30-28-26-24-22-20-18-16-14-12-10-8-6-4-2/h11,13-14,16-20,38-39,42-45,48-50H,3-10,12,15,21-37H2,1-2H3,(H,51,52,53)/b13-11+,16-14+,19-17+,20-18+/t38-,39-,42-,43?,44?,45+/m1/s1. The SMILES string of the molecule is CCCCC/C=C/C/C=C/CCCCCCCC(=O)OC[C@H](CO[C@H]1O[C@H](CS(=O)(=O)O)[C@@H](O)C(O)C1O)OC(=O)CCCCCCC/C=C/C=C/CCCCCC. The third-order valence-electron chi connectivity index (χ3n) is 9.91. The second-order valence-electron chi connectivity index (χ2n) is 15.4. The van der Waals surface area contributed by atoms with Crippen LogP contribution in [0.25, 0.3) is 0 Å². The topological polar surface area (TPSA) is 186 Å². The van der Waals surface area contributed by atoms with Gasteiger partial charge in [-0.05, 0) is 70.6 Å². The van der Waals surface area contributed by atoms with E-state index in [9.17, 15) is 37.9 Å². The minimum Gasteiger partial charge on any atom is -0.462 e. The summed E-state index contributed by atoms with van der Waals surface area (Å²) in [7, 11) is -4.61. The molecule has 0 aromatic rings. The number of unbranched alkanes of at least 4 members (excludes halogenated alkanes) is 17. The molecule has 1 aliphatic rings. The molecule has 12 nitrogen and oxygen atoms in total. The Bertz CT molecular complexity index is 1260. The van der Waals surface area contributed by atoms with Gasteiger partial charge in [-0.1, -0.05) is 133 Å². The van der Waals surface area contributed by atoms with Gasteiger partial charge in [0, 0.05) is 12.8 Å². The molecule has 1 aliphatic heterocycles. The van der Waals surface area contributed by atoms with Gasteiger partial charge in [-0.2, -0.15) is 8.42 Å². The molecule has 1 rings (SSSR count). The molecule has 58 heavy (non-hydrogen) atoms. The zero-order valence-corrected chi connectivity index (χ0v) is 36.5. The molecule has 4 N–H and O–H groups in total. The monoisotopic (exact) mass is 843 g/mol. The summed E-state index contributed by atoms with van der Waals surface area (Å²) in [6.07, 6.45) is 31.5. The summed E-state index contributed by atoms with van der Waals surface area (Å²) in [5.74, 6) is -2.02. The Kier molecular flexibility index (Phi) is 32.7. The lowest BCUT2D eigenvalue weighted by Gasteiger charge is -2.40. The Balaban J connectivity index is 2.49. The Hall–Kier alpha value is -2.39. The Morgan fingerprint density at radius 3 is 1.66 bits per heavy atom. The number of carbonyl (C=O) groups is 2. The van der Waals surface area contributed by atoms with E-state index in [0.717, 1.165) is 83.5 Å². The summed E-state index contributed by atoms with van der Waals surface area (Å²) < 4.78 is 54.0. The van der Waals surface area contributed by atoms with E-state index in [1.165, 1.54) is 44.9 Å². The van der Waals surface area contributed by atoms with Crippen LogP contribution in [0.3, 0.4) is 0 Å². The number of carbonyl (C=O) groups excluding carboxylic acids is 2. The van der Waals surface area contributed by atoms with Gasteiger partial charge >= 0.3 is 11.9 Å². The average Bonchev–Trinajstić information content (AvgIpc) is 3.18. The van der Waals surface area contributed by atoms with Gasteiger partial charge in [-0.3, -0.25) is 14.1 Å². The molecule has 0 aliphatic carbocycles. The molecule has 2 unspecified atom stereocenters. The first-order valence-corrected chi connectivity index (χ1v) is 23.8. The number of allylic oxidation sites excluding steroid dienone is 8. The van der Waals surface area contributed by atoms with E-state index in [1.54, 1.807) is 0 Å². The predicted molar refractivity (Wildman–Crippen MR) is 229 cm³/mol. The van der Waals surface area contributed by atoms with E-state index >= 15 is 0 Å². The minimum atomic E-state index is -4.61. The van der Waals surface area contributed by atoms with Crippen LogP contribution >= 0.6 is 0 Å². The maximum atomic E-state index is 12.8. The molecule has 0 amide bonds. The molecular weight excluding hydrogens is 765 g/mol. The van der Waals surface area contributed by atoms with E-state index in [0.29, 0.717) is 12.8 Å². The van der Waals surface area contributed by atoms with Crippen LogP contribution in [0.2, 0.25) is 0 Å². The van der Waals surface area contributed by atoms with Gasteiger partial charge in [0.05, 0.1) is 6.61 Å². The highest BCUT2D eigenvalue weighted by atomic mass is 32.2. The van der Waals surface area contributed by atoms with Gasteiger partial charge < -0.3 is 34.3 Å². The molecule has 336 valence electrons. The molecule has 0 spiro atoms. The van der Waals surface area contributed by atoms with Crippen LogP contribution in [0, 0.1) is 0 Å². The van der Waals surface area contributed by atoms with Crippen LogP contribution < -0.4 is 0 Å². The molecule has 1 heterocycles. The van der Waals surface area contributed by atoms with Crippen molar-refractivity contribution in [2.45, 2.75) is 205 Å². The average molecular weight is 843 g/mol. The van der Waals surface area contributed by atoms with Crippen molar-refractivity contribution in [3.05, 3.63) is 48.6 Å². The van der Waals surface area contributed by atoms with Crippen LogP contribution in [0.1, 0.15) is 168 Å². The lowest BCUT2D eigenvalue weighted by atomic mass is 10.00. The van der Waals surface area contributed by atoms with Crippen LogP contribution in [-0.2, 0) is 38.7 Å². The number of rotatable bonds is 36. The second kappa shape index (κ2) is 35.4. The van der Waals surface area contributed by atoms with Gasteiger partial charge in [0.25, 0.3) is 10.1 Å². The highest BCUT2D eigenvalue weighted by Crippen LogP contribution is 2.24. The van der Waals surface area contributed by atoms with Gasteiger partial charge in [0.2, 0.25) is 0 Å². The van der Waals surface area contributed by atoms with Gasteiger partial charge in [0.1, 0.15) is 36.8 Å². The zero-order chi connectivity index (χ0) is 42.7. The number of aliphatic hydroxyl groups excluding tert-OH is 3. The third kappa shape index (κ3) is 29.8. The van der Waals surface area contributed by atoms with Crippen LogP contribution in [0.15, 0.2) is 48.6 Å². The van der Waals surface area contributed by atoms with Crippen LogP contribution in [0.5, 0.6) is 0 Å². The Morgan fingerprint density at radius 1 is 0.603 bits per heavy atom. The Labute approximate surface area is 350 Å². The molecule has 0 aromatic carbocycles. The lowest BCUT2D eigenvalue weighted by molar-refractivity contribution is -0.297. The van der Waals surface area contributed by atoms with Gasteiger partial charge in [0.15, 0.2) is 12.4 Å². The van der Waals surface area contributed by atoms with E-state index < -0.39 is 71.2 Å². The lowest BCUT2D eigenvalue weighted by Crippen LogP contribution is -2.60. The first-order chi connectivity index (χ1) is 28.0. The van der Waals surface area contributed by atoms with E-state index in [4.69, 9.17) is 18.9 Å². The van der Waals surface area contributed by atoms with Crippen molar-refractivity contribution in [1.82, 2.24) is 0 Å². The maximum Gasteiger partial charge on any atom is 0.306 e. The van der Waals surface area contributed by atoms with Crippen molar-refractivity contribution in [3.63, 3.8) is 0 Å². The molecule has 13 heteroatoms. The summed E-state index contributed by atoms with van der Waals surface area (Å²) in [6, 6.07) is 0. The fraction of sp³-hybridized carbons (Fsp3) is 0.778. The summed E-state index contributed by atoms with van der Waals surface area (Å²) in [4.78, 5) is 25.4. The largest absolute Gasteiger partial charge is 0.462 e. The number of hydrogen-bond acceptors (Lipinski definition) is 11. The van der Waals surface area contributed by atoms with Crippen molar-refractivity contribution in [2.75, 3.05) is 19.0 Å². The molecular formula is C45H78O12S. The molecule has 6 atom stereocenters. The maximum absolute atomic E-state index is 12.8. The van der Waals surface area contributed by atoms with E-state index in [2.05, 4.69) is 62.5 Å². The number of hydrogen-bond donors (Lipinski definition) is 4. The Morgan fingerprint density at radius 2 is 1.09 bits per heavy atom. The minimum absolute atomic E-state index is 0.142. The smallest absolute Gasteiger partial charge is 0.306 e. The third-order valence-corrected chi connectivity index (χ3v) is 10.7. The highest BCUT2D eigenvalue weighted by molar-refractivity contribution is 7.85. The summed E-state index contributed by atoms with van der Waals surface area (Å²) in [6.45, 7) is 3.68. The number of esters is 2. The van der Waals surface area contributed by atoms with Crippen molar-refractivity contribution < 1.29 is 56.8 Å². The fourth-order valence-corrected chi connectivity index (χ4v) is 7.09. The molecule has 0 radical (unpaired) electrons. The summed E-state index contributed by atoms with van der Waals surface area (Å²) in [5.41, 5.74) is 0. The molecule has 0 aromatic heterocycles. The van der Waals surface area contributed by atoms with Gasteiger partial charge in [-0.15, -0.1) is 0 Å². The zero-order valence-electron chi connectivity index (χ0n) is 35.6. The second-order valence-corrected chi connectivity index (χ2v) is 16.9. The van der Waals surface area contributed by atoms with Crippen LogP contribution in [-0.4, -0.2) is 96.0 Å². The first kappa shape index (κ1) is 53.6. The van der Waals surface area contributed by atoms with E-state index in [-0.39, 0.29) is 19.4 Å². The van der Waals surface area contributed by atoms with Gasteiger partial charge in [-0.25, -0.2) is 0 Å². The van der Waals surface area contributed by atoms with Crippen molar-refractivity contribution in [1.29, 1.82) is 0 Å². The number of ether oxygens (including phenoxy) is 4. The normalized spacial score (nSPS) is 20.8. The van der Waals surface area contributed by atoms with Crippen LogP contribution in [0.4, 0.5) is 0 Å². The van der Waals surface area contributed by atoms with Crippen molar-refractivity contribution in [2.24, 2.45) is 0 Å². The molecule has 1 saturated heterocycles.